The Morgan fingerprint density at radius 2 is 1.33 bits per heavy atom. The molecule has 20 nitrogen and oxygen atoms in total. The fourth-order valence-electron chi connectivity index (χ4n) is 2.08. The number of aliphatic carboxylic acids is 1. The first-order valence-corrected chi connectivity index (χ1v) is 10.2. The van der Waals surface area contributed by atoms with E-state index in [1.165, 1.54) is 0 Å². The van der Waals surface area contributed by atoms with E-state index in [0.29, 0.717) is 0 Å². The third-order valence-corrected chi connectivity index (χ3v) is 3.56. The number of carbonyl (C=O) groups excluding carboxylic acids is 2. The van der Waals surface area contributed by atoms with Crippen LogP contribution in [0, 0.1) is 25.6 Å². The number of alkyl carbamates (subject to hydrolysis) is 2. The highest BCUT2D eigenvalue weighted by molar-refractivity contribution is 5.91. The average molecular weight is 528 g/mol. The lowest BCUT2D eigenvalue weighted by atomic mass is 10.1. The molecule has 0 rings (SSSR count). The Kier molecular flexibility index (Phi) is 17.8. The quantitative estimate of drug-likeness (QED) is 0.0401. The molecule has 0 radical (unpaired) electrons. The number of nitrogens with one attached hydrogen (secondary N) is 4. The van der Waals surface area contributed by atoms with Crippen LogP contribution in [0.15, 0.2) is 0 Å². The number of hydrogen-bond acceptors (Lipinski definition) is 14. The number of guanidine groups is 1. The summed E-state index contributed by atoms with van der Waals surface area (Å²) in [5.41, 5.74) is 0. The molecule has 1 atom stereocenters. The lowest BCUT2D eigenvalue weighted by Gasteiger charge is -2.15. The standard InChI is InChI=1S/C16H28N6O14/c17-14(20-16(26)34-9-5-32-7-11-36-22(29)30)18-3-1-2-12(13(23)24)19-15(25)33-8-4-31-6-10-35-21(27)28/h12H,1-11H2,(H,19,25)(H,23,24)(H3,17,18,20,26). The van der Waals surface area contributed by atoms with E-state index in [0.717, 1.165) is 0 Å². The predicted molar refractivity (Wildman–Crippen MR) is 113 cm³/mol. The van der Waals surface area contributed by atoms with Gasteiger partial charge in [0.15, 0.2) is 5.96 Å². The molecule has 0 bridgehead atoms. The van der Waals surface area contributed by atoms with Crippen molar-refractivity contribution in [3.8, 4) is 0 Å². The molecule has 0 heterocycles. The van der Waals surface area contributed by atoms with Crippen molar-refractivity contribution in [2.24, 2.45) is 0 Å². The van der Waals surface area contributed by atoms with Crippen molar-refractivity contribution in [2.45, 2.75) is 18.9 Å². The van der Waals surface area contributed by atoms with Gasteiger partial charge in [-0.15, -0.1) is 20.2 Å². The molecule has 36 heavy (non-hydrogen) atoms. The van der Waals surface area contributed by atoms with Gasteiger partial charge in [-0.3, -0.25) is 10.7 Å². The Balaban J connectivity index is 3.89. The number of carboxylic acid groups (broad SMARTS) is 1. The number of amides is 2. The average Bonchev–Trinajstić information content (AvgIpc) is 2.79. The predicted octanol–water partition coefficient (Wildman–Crippen LogP) is -1.35. The van der Waals surface area contributed by atoms with Crippen molar-refractivity contribution in [3.63, 3.8) is 0 Å². The molecule has 20 heteroatoms. The summed E-state index contributed by atoms with van der Waals surface area (Å²) < 4.78 is 19.3. The van der Waals surface area contributed by atoms with Crippen LogP contribution < -0.4 is 16.0 Å². The van der Waals surface area contributed by atoms with E-state index < -0.39 is 40.3 Å². The highest BCUT2D eigenvalue weighted by Gasteiger charge is 2.20. The van der Waals surface area contributed by atoms with Crippen LogP contribution in [0.5, 0.6) is 0 Å². The summed E-state index contributed by atoms with van der Waals surface area (Å²) in [5, 5.41) is 41.4. The van der Waals surface area contributed by atoms with Crippen LogP contribution in [-0.4, -0.2) is 105 Å². The molecule has 206 valence electrons. The minimum Gasteiger partial charge on any atom is -0.480 e. The highest BCUT2D eigenvalue weighted by atomic mass is 17.0. The van der Waals surface area contributed by atoms with Crippen molar-refractivity contribution in [1.82, 2.24) is 16.0 Å². The highest BCUT2D eigenvalue weighted by Crippen LogP contribution is 1.98. The van der Waals surface area contributed by atoms with Gasteiger partial charge in [-0.1, -0.05) is 0 Å². The topological polar surface area (TPSA) is 273 Å². The molecule has 5 N–H and O–H groups in total. The van der Waals surface area contributed by atoms with Crippen LogP contribution in [0.3, 0.4) is 0 Å². The molecule has 0 aliphatic heterocycles. The molecule has 0 aromatic rings. The number of rotatable bonds is 20. The number of hydrogen-bond donors (Lipinski definition) is 5. The maximum atomic E-state index is 11.7. The Hall–Kier alpha value is -4.20. The Labute approximate surface area is 203 Å². The van der Waals surface area contributed by atoms with Crippen molar-refractivity contribution >= 4 is 24.1 Å². The number of carboxylic acids is 1. The smallest absolute Gasteiger partial charge is 0.414 e. The van der Waals surface area contributed by atoms with Crippen LogP contribution in [0.25, 0.3) is 0 Å². The van der Waals surface area contributed by atoms with E-state index in [1.54, 1.807) is 0 Å². The first kappa shape index (κ1) is 31.8. The molecule has 1 unspecified atom stereocenters. The van der Waals surface area contributed by atoms with Gasteiger partial charge in [0.1, 0.15) is 32.5 Å². The van der Waals surface area contributed by atoms with Gasteiger partial charge < -0.3 is 44.4 Å². The van der Waals surface area contributed by atoms with E-state index in [2.05, 4.69) is 25.6 Å². The monoisotopic (exact) mass is 528 g/mol. The van der Waals surface area contributed by atoms with Gasteiger partial charge in [0.05, 0.1) is 26.4 Å². The first-order chi connectivity index (χ1) is 17.1. The third kappa shape index (κ3) is 20.4. The van der Waals surface area contributed by atoms with Crippen molar-refractivity contribution in [1.29, 1.82) is 5.41 Å². The van der Waals surface area contributed by atoms with Crippen molar-refractivity contribution < 1.29 is 58.3 Å². The molecular formula is C16H28N6O14. The second kappa shape index (κ2) is 20.2. The zero-order valence-electron chi connectivity index (χ0n) is 19.0. The molecule has 2 amide bonds. The van der Waals surface area contributed by atoms with E-state index in [-0.39, 0.29) is 72.2 Å². The van der Waals surface area contributed by atoms with Gasteiger partial charge in [-0.05, 0) is 12.8 Å². The molecule has 0 aromatic heterocycles. The van der Waals surface area contributed by atoms with Crippen LogP contribution in [0.1, 0.15) is 12.8 Å². The molecule has 0 aliphatic carbocycles. The molecular weight excluding hydrogens is 500 g/mol. The molecule has 0 saturated carbocycles. The van der Waals surface area contributed by atoms with Gasteiger partial charge in [0.2, 0.25) is 0 Å². The third-order valence-electron chi connectivity index (χ3n) is 3.56. The molecule has 0 saturated heterocycles. The van der Waals surface area contributed by atoms with E-state index in [4.69, 9.17) is 24.4 Å². The normalized spacial score (nSPS) is 10.9. The van der Waals surface area contributed by atoms with Crippen molar-refractivity contribution in [3.05, 3.63) is 20.2 Å². The van der Waals surface area contributed by atoms with Gasteiger partial charge in [-0.25, -0.2) is 14.4 Å². The van der Waals surface area contributed by atoms with Crippen molar-refractivity contribution in [2.75, 3.05) is 59.4 Å². The Morgan fingerprint density at radius 1 is 0.833 bits per heavy atom. The fraction of sp³-hybridized carbons (Fsp3) is 0.750. The van der Waals surface area contributed by atoms with Gasteiger partial charge >= 0.3 is 18.2 Å². The minimum absolute atomic E-state index is 0.0264. The summed E-state index contributed by atoms with van der Waals surface area (Å²) in [6.45, 7) is -1.19. The number of ether oxygens (including phenoxy) is 4. The number of nitrogens with zero attached hydrogens (tertiary/aromatic N) is 2. The Morgan fingerprint density at radius 3 is 1.83 bits per heavy atom. The van der Waals surface area contributed by atoms with Crippen LogP contribution >= 0.6 is 0 Å². The van der Waals surface area contributed by atoms with Crippen LogP contribution in [-0.2, 0) is 33.4 Å². The summed E-state index contributed by atoms with van der Waals surface area (Å²) in [6.07, 6.45) is -1.80. The molecule has 0 aromatic carbocycles. The van der Waals surface area contributed by atoms with Crippen LogP contribution in [0.4, 0.5) is 9.59 Å². The molecule has 0 fully saturated rings. The van der Waals surface area contributed by atoms with Gasteiger partial charge in [0.25, 0.3) is 10.2 Å². The summed E-state index contributed by atoms with van der Waals surface area (Å²) >= 11 is 0. The van der Waals surface area contributed by atoms with Crippen LogP contribution in [0.2, 0.25) is 0 Å². The second-order valence-electron chi connectivity index (χ2n) is 6.21. The summed E-state index contributed by atoms with van der Waals surface area (Å²) in [6, 6.07) is -1.28. The van der Waals surface area contributed by atoms with E-state index in [1.807, 2.05) is 0 Å². The minimum atomic E-state index is -1.32. The zero-order chi connectivity index (χ0) is 27.2. The van der Waals surface area contributed by atoms with Gasteiger partial charge in [0, 0.05) is 6.54 Å². The zero-order valence-corrected chi connectivity index (χ0v) is 19.0. The first-order valence-electron chi connectivity index (χ1n) is 10.2. The summed E-state index contributed by atoms with van der Waals surface area (Å²) in [4.78, 5) is 62.3. The lowest BCUT2D eigenvalue weighted by molar-refractivity contribution is -0.758. The maximum absolute atomic E-state index is 11.7. The SMILES string of the molecule is N=C(NCCCC(NC(=O)OCCOCCO[N+](=O)[O-])C(=O)O)NC(=O)OCCOCCO[N+](=O)[O-]. The van der Waals surface area contributed by atoms with Gasteiger partial charge in [-0.2, -0.15) is 0 Å². The molecule has 0 aliphatic rings. The van der Waals surface area contributed by atoms with E-state index >= 15 is 0 Å². The fourth-order valence-corrected chi connectivity index (χ4v) is 2.08. The van der Waals surface area contributed by atoms with E-state index in [9.17, 15) is 39.7 Å². The lowest BCUT2D eigenvalue weighted by Crippen LogP contribution is -2.43. The Bertz CT molecular complexity index is 723. The largest absolute Gasteiger partial charge is 0.480 e. The second-order valence-corrected chi connectivity index (χ2v) is 6.21. The molecule has 0 spiro atoms. The summed E-state index contributed by atoms with van der Waals surface area (Å²) in [5.74, 6) is -1.73. The maximum Gasteiger partial charge on any atom is 0.414 e. The summed E-state index contributed by atoms with van der Waals surface area (Å²) in [7, 11) is 0. The number of carbonyl (C=O) groups is 3.